The zero-order valence-corrected chi connectivity index (χ0v) is 12.3. The molecule has 0 heterocycles. The van der Waals surface area contributed by atoms with E-state index in [1.54, 1.807) is 25.3 Å². The van der Waals surface area contributed by atoms with Crippen LogP contribution in [0.15, 0.2) is 60.7 Å². The minimum Gasteiger partial charge on any atom is -0.496 e. The van der Waals surface area contributed by atoms with Crippen LogP contribution in [0.25, 0.3) is 10.8 Å². The second-order valence-electron chi connectivity index (χ2n) is 4.90. The van der Waals surface area contributed by atoms with E-state index in [1.807, 2.05) is 42.5 Å². The molecule has 1 unspecified atom stereocenters. The number of halogens is 1. The van der Waals surface area contributed by atoms with Crippen molar-refractivity contribution < 1.29 is 9.84 Å². The molecule has 0 amide bonds. The van der Waals surface area contributed by atoms with Gasteiger partial charge < -0.3 is 9.84 Å². The van der Waals surface area contributed by atoms with Gasteiger partial charge in [0.1, 0.15) is 11.9 Å². The summed E-state index contributed by atoms with van der Waals surface area (Å²) in [4.78, 5) is 0. The minimum atomic E-state index is -0.775. The van der Waals surface area contributed by atoms with Crippen molar-refractivity contribution in [2.45, 2.75) is 6.10 Å². The number of ether oxygens (including phenoxy) is 1. The number of aliphatic hydroxyl groups excluding tert-OH is 1. The second kappa shape index (κ2) is 5.76. The minimum absolute atomic E-state index is 0.575. The highest BCUT2D eigenvalue weighted by Gasteiger charge is 2.16. The number of fused-ring (bicyclic) bond motifs is 1. The van der Waals surface area contributed by atoms with E-state index in [4.69, 9.17) is 16.3 Å². The smallest absolute Gasteiger partial charge is 0.125 e. The summed E-state index contributed by atoms with van der Waals surface area (Å²) < 4.78 is 5.31. The second-order valence-corrected chi connectivity index (χ2v) is 5.33. The van der Waals surface area contributed by atoms with E-state index in [0.717, 1.165) is 16.3 Å². The number of rotatable bonds is 3. The van der Waals surface area contributed by atoms with Gasteiger partial charge in [0.15, 0.2) is 0 Å². The standard InChI is InChI=1S/C18H15ClO2/c1-21-17-9-8-15(19)11-16(17)18(20)14-7-6-12-4-2-3-5-13(12)10-14/h2-11,18,20H,1H3. The van der Waals surface area contributed by atoms with Crippen molar-refractivity contribution in [1.82, 2.24) is 0 Å². The Balaban J connectivity index is 2.07. The SMILES string of the molecule is COc1ccc(Cl)cc1C(O)c1ccc2ccccc2c1. The van der Waals surface area contributed by atoms with E-state index < -0.39 is 6.10 Å². The predicted molar refractivity (Wildman–Crippen MR) is 86.0 cm³/mol. The summed E-state index contributed by atoms with van der Waals surface area (Å²) in [5, 5.41) is 13.5. The van der Waals surface area contributed by atoms with Gasteiger partial charge in [-0.3, -0.25) is 0 Å². The van der Waals surface area contributed by atoms with Gasteiger partial charge >= 0.3 is 0 Å². The van der Waals surface area contributed by atoms with Crippen LogP contribution in [0, 0.1) is 0 Å². The molecule has 0 aromatic heterocycles. The monoisotopic (exact) mass is 298 g/mol. The Morgan fingerprint density at radius 1 is 0.952 bits per heavy atom. The molecular weight excluding hydrogens is 284 g/mol. The van der Waals surface area contributed by atoms with E-state index >= 15 is 0 Å². The Hall–Kier alpha value is -2.03. The maximum atomic E-state index is 10.6. The van der Waals surface area contributed by atoms with Gasteiger partial charge in [-0.2, -0.15) is 0 Å². The molecule has 0 radical (unpaired) electrons. The maximum Gasteiger partial charge on any atom is 0.125 e. The molecule has 0 saturated carbocycles. The molecule has 3 rings (SSSR count). The first-order valence-corrected chi connectivity index (χ1v) is 7.07. The summed E-state index contributed by atoms with van der Waals surface area (Å²) in [6.45, 7) is 0. The molecule has 0 bridgehead atoms. The average molecular weight is 299 g/mol. The molecule has 0 spiro atoms. The summed E-state index contributed by atoms with van der Waals surface area (Å²) in [6.07, 6.45) is -0.775. The van der Waals surface area contributed by atoms with E-state index in [9.17, 15) is 5.11 Å². The highest BCUT2D eigenvalue weighted by molar-refractivity contribution is 6.30. The Bertz CT molecular complexity index is 783. The summed E-state index contributed by atoms with van der Waals surface area (Å²) in [6, 6.07) is 19.2. The molecule has 0 fully saturated rings. The van der Waals surface area contributed by atoms with Crippen LogP contribution in [0.5, 0.6) is 5.75 Å². The quantitative estimate of drug-likeness (QED) is 0.766. The fourth-order valence-corrected chi connectivity index (χ4v) is 2.66. The Morgan fingerprint density at radius 2 is 1.71 bits per heavy atom. The third kappa shape index (κ3) is 2.73. The van der Waals surface area contributed by atoms with Gasteiger partial charge in [-0.05, 0) is 40.6 Å². The van der Waals surface area contributed by atoms with Crippen LogP contribution in [0.1, 0.15) is 17.2 Å². The number of benzene rings is 3. The topological polar surface area (TPSA) is 29.5 Å². The summed E-state index contributed by atoms with van der Waals surface area (Å²) in [5.74, 6) is 0.625. The Labute approximate surface area is 128 Å². The normalized spacial score (nSPS) is 12.3. The van der Waals surface area contributed by atoms with Crippen LogP contribution in [0.2, 0.25) is 5.02 Å². The van der Waals surface area contributed by atoms with Gasteiger partial charge in [0, 0.05) is 10.6 Å². The van der Waals surface area contributed by atoms with Crippen molar-refractivity contribution in [3.05, 3.63) is 76.8 Å². The van der Waals surface area contributed by atoms with Gasteiger partial charge in [-0.25, -0.2) is 0 Å². The maximum absolute atomic E-state index is 10.6. The molecule has 3 aromatic carbocycles. The lowest BCUT2D eigenvalue weighted by Gasteiger charge is -2.16. The van der Waals surface area contributed by atoms with Gasteiger partial charge in [0.05, 0.1) is 7.11 Å². The van der Waals surface area contributed by atoms with Crippen molar-refractivity contribution in [3.8, 4) is 5.75 Å². The van der Waals surface area contributed by atoms with Crippen LogP contribution in [0.4, 0.5) is 0 Å². The largest absolute Gasteiger partial charge is 0.496 e. The zero-order chi connectivity index (χ0) is 14.8. The molecule has 0 saturated heterocycles. The van der Waals surface area contributed by atoms with Crippen molar-refractivity contribution in [1.29, 1.82) is 0 Å². The highest BCUT2D eigenvalue weighted by Crippen LogP contribution is 2.33. The van der Waals surface area contributed by atoms with E-state index in [-0.39, 0.29) is 0 Å². The van der Waals surface area contributed by atoms with Crippen molar-refractivity contribution in [2.75, 3.05) is 7.11 Å². The molecular formula is C18H15ClO2. The van der Waals surface area contributed by atoms with E-state index in [0.29, 0.717) is 16.3 Å². The fraction of sp³-hybridized carbons (Fsp3) is 0.111. The number of hydrogen-bond donors (Lipinski definition) is 1. The van der Waals surface area contributed by atoms with Crippen LogP contribution < -0.4 is 4.74 Å². The van der Waals surface area contributed by atoms with Gasteiger partial charge in [-0.15, -0.1) is 0 Å². The van der Waals surface area contributed by atoms with Gasteiger partial charge in [0.2, 0.25) is 0 Å². The highest BCUT2D eigenvalue weighted by atomic mass is 35.5. The van der Waals surface area contributed by atoms with Crippen LogP contribution >= 0.6 is 11.6 Å². The third-order valence-electron chi connectivity index (χ3n) is 3.58. The van der Waals surface area contributed by atoms with E-state index in [2.05, 4.69) is 0 Å². The molecule has 21 heavy (non-hydrogen) atoms. The van der Waals surface area contributed by atoms with Crippen LogP contribution in [-0.2, 0) is 0 Å². The first kappa shape index (κ1) is 13.9. The Morgan fingerprint density at radius 3 is 2.48 bits per heavy atom. The predicted octanol–water partition coefficient (Wildman–Crippen LogP) is 4.58. The third-order valence-corrected chi connectivity index (χ3v) is 3.81. The van der Waals surface area contributed by atoms with Crippen molar-refractivity contribution in [3.63, 3.8) is 0 Å². The lowest BCUT2D eigenvalue weighted by atomic mass is 9.98. The summed E-state index contributed by atoms with van der Waals surface area (Å²) >= 11 is 6.03. The molecule has 1 atom stereocenters. The number of methoxy groups -OCH3 is 1. The molecule has 106 valence electrons. The zero-order valence-electron chi connectivity index (χ0n) is 11.6. The first-order valence-electron chi connectivity index (χ1n) is 6.69. The van der Waals surface area contributed by atoms with E-state index in [1.165, 1.54) is 0 Å². The average Bonchev–Trinajstić information content (AvgIpc) is 2.53. The molecule has 0 aliphatic carbocycles. The Kier molecular flexibility index (Phi) is 3.82. The molecule has 0 aliphatic rings. The molecule has 0 aliphatic heterocycles. The van der Waals surface area contributed by atoms with Crippen LogP contribution in [0.3, 0.4) is 0 Å². The van der Waals surface area contributed by atoms with Gasteiger partial charge in [-0.1, -0.05) is 48.0 Å². The van der Waals surface area contributed by atoms with Crippen molar-refractivity contribution in [2.24, 2.45) is 0 Å². The molecule has 2 nitrogen and oxygen atoms in total. The van der Waals surface area contributed by atoms with Gasteiger partial charge in [0.25, 0.3) is 0 Å². The molecule has 1 N–H and O–H groups in total. The summed E-state index contributed by atoms with van der Waals surface area (Å²) in [7, 11) is 1.58. The lowest BCUT2D eigenvalue weighted by molar-refractivity contribution is 0.215. The summed E-state index contributed by atoms with van der Waals surface area (Å²) in [5.41, 5.74) is 1.48. The number of hydrogen-bond acceptors (Lipinski definition) is 2. The molecule has 3 heteroatoms. The fourth-order valence-electron chi connectivity index (χ4n) is 2.48. The lowest BCUT2D eigenvalue weighted by Crippen LogP contribution is -2.02. The van der Waals surface area contributed by atoms with Crippen LogP contribution in [-0.4, -0.2) is 12.2 Å². The molecule has 3 aromatic rings. The van der Waals surface area contributed by atoms with Crippen molar-refractivity contribution >= 4 is 22.4 Å². The number of aliphatic hydroxyl groups is 1. The first-order chi connectivity index (χ1) is 10.2.